The lowest BCUT2D eigenvalue weighted by Gasteiger charge is -1.98. The van der Waals surface area contributed by atoms with Crippen molar-refractivity contribution in [3.8, 4) is 11.3 Å². The number of allylic oxidation sites excluding steroid dienone is 1. The average molecular weight is 315 g/mol. The molecule has 2 N–H and O–H groups in total. The van der Waals surface area contributed by atoms with Gasteiger partial charge in [-0.2, -0.15) is 0 Å². The first-order chi connectivity index (χ1) is 10.7. The van der Waals surface area contributed by atoms with Crippen molar-refractivity contribution in [3.63, 3.8) is 0 Å². The van der Waals surface area contributed by atoms with Gasteiger partial charge in [-0.3, -0.25) is 9.79 Å². The van der Waals surface area contributed by atoms with Gasteiger partial charge in [0.05, 0.1) is 17.8 Å². The number of rotatable bonds is 5. The van der Waals surface area contributed by atoms with Crippen LogP contribution in [0.25, 0.3) is 11.3 Å². The van der Waals surface area contributed by atoms with E-state index in [9.17, 15) is 4.79 Å². The van der Waals surface area contributed by atoms with Gasteiger partial charge in [-0.25, -0.2) is 4.98 Å². The number of hydrogen-bond donors (Lipinski definition) is 1. The Hall–Kier alpha value is -2.47. The summed E-state index contributed by atoms with van der Waals surface area (Å²) < 4.78 is 5.05. The van der Waals surface area contributed by atoms with Gasteiger partial charge in [0, 0.05) is 19.0 Å². The van der Waals surface area contributed by atoms with E-state index in [1.807, 2.05) is 36.4 Å². The Morgan fingerprint density at radius 2 is 2.14 bits per heavy atom. The van der Waals surface area contributed by atoms with Crippen molar-refractivity contribution in [2.75, 3.05) is 14.2 Å². The van der Waals surface area contributed by atoms with E-state index in [4.69, 9.17) is 10.5 Å². The molecule has 1 heterocycles. The van der Waals surface area contributed by atoms with Crippen molar-refractivity contribution in [1.82, 2.24) is 4.98 Å². The monoisotopic (exact) mass is 315 g/mol. The molecule has 0 bridgehead atoms. The summed E-state index contributed by atoms with van der Waals surface area (Å²) in [5.74, 6) is 0.0780. The van der Waals surface area contributed by atoms with Gasteiger partial charge in [-0.15, -0.1) is 11.3 Å². The van der Waals surface area contributed by atoms with Crippen molar-refractivity contribution in [2.24, 2.45) is 10.7 Å². The fourth-order valence-corrected chi connectivity index (χ4v) is 2.82. The van der Waals surface area contributed by atoms with E-state index in [0.29, 0.717) is 22.9 Å². The summed E-state index contributed by atoms with van der Waals surface area (Å²) in [6, 6.07) is 9.55. The van der Waals surface area contributed by atoms with Crippen molar-refractivity contribution in [3.05, 3.63) is 52.4 Å². The van der Waals surface area contributed by atoms with Crippen LogP contribution in [-0.4, -0.2) is 30.9 Å². The molecule has 0 aliphatic carbocycles. The highest BCUT2D eigenvalue weighted by molar-refractivity contribution is 7.14. The maximum absolute atomic E-state index is 11.6. The Morgan fingerprint density at radius 1 is 1.41 bits per heavy atom. The first-order valence-electron chi connectivity index (χ1n) is 6.68. The molecule has 6 heteroatoms. The molecular weight excluding hydrogens is 298 g/mol. The standard InChI is InChI=1S/C16H17N3O2S/c1-18-12(21-2)9-6-10-13-19-14(15(22-13)16(17)20)11-7-4-3-5-8-11/h3-9H,10H2,1-2H3,(H2,17,20)/b9-6-,18-12+. The fraction of sp³-hybridized carbons (Fsp3) is 0.188. The number of aliphatic imine (C=N–C) groups is 1. The minimum Gasteiger partial charge on any atom is -0.481 e. The van der Waals surface area contributed by atoms with Crippen LogP contribution in [0, 0.1) is 0 Å². The number of thiazole rings is 1. The Bertz CT molecular complexity index is 705. The number of nitrogens with two attached hydrogens (primary N) is 1. The highest BCUT2D eigenvalue weighted by Crippen LogP contribution is 2.28. The maximum atomic E-state index is 11.6. The third-order valence-corrected chi connectivity index (χ3v) is 4.02. The number of nitrogens with zero attached hydrogens (tertiary/aromatic N) is 2. The number of ether oxygens (including phenoxy) is 1. The van der Waals surface area contributed by atoms with Crippen LogP contribution in [0.4, 0.5) is 0 Å². The molecule has 1 aromatic heterocycles. The smallest absolute Gasteiger partial charge is 0.261 e. The van der Waals surface area contributed by atoms with Crippen LogP contribution in [0.1, 0.15) is 14.7 Å². The summed E-state index contributed by atoms with van der Waals surface area (Å²) in [5, 5.41) is 0.815. The Labute approximate surface area is 133 Å². The number of hydrogen-bond acceptors (Lipinski definition) is 5. The third-order valence-electron chi connectivity index (χ3n) is 2.92. The summed E-state index contributed by atoms with van der Waals surface area (Å²) in [4.78, 5) is 20.6. The van der Waals surface area contributed by atoms with Crippen molar-refractivity contribution in [1.29, 1.82) is 0 Å². The normalized spacial score (nSPS) is 11.8. The summed E-state index contributed by atoms with van der Waals surface area (Å²) in [7, 11) is 3.22. The predicted octanol–water partition coefficient (Wildman–Crippen LogP) is 2.68. The summed E-state index contributed by atoms with van der Waals surface area (Å²) in [5.41, 5.74) is 6.98. The van der Waals surface area contributed by atoms with Crippen LogP contribution < -0.4 is 5.73 Å². The van der Waals surface area contributed by atoms with Crippen molar-refractivity contribution in [2.45, 2.75) is 6.42 Å². The minimum atomic E-state index is -0.459. The molecular formula is C16H17N3O2S. The molecule has 0 spiro atoms. The zero-order valence-electron chi connectivity index (χ0n) is 12.4. The van der Waals surface area contributed by atoms with Gasteiger partial charge in [0.25, 0.3) is 5.91 Å². The Kier molecular flexibility index (Phi) is 5.43. The van der Waals surface area contributed by atoms with Gasteiger partial charge in [0.15, 0.2) is 0 Å². The molecule has 0 unspecified atom stereocenters. The van der Waals surface area contributed by atoms with Crippen LogP contribution in [0.2, 0.25) is 0 Å². The molecule has 0 fully saturated rings. The van der Waals surface area contributed by atoms with E-state index in [1.54, 1.807) is 20.2 Å². The lowest BCUT2D eigenvalue weighted by molar-refractivity contribution is 0.100. The number of amides is 1. The number of carbonyl (C=O) groups excluding carboxylic acids is 1. The molecule has 0 atom stereocenters. The molecule has 0 radical (unpaired) electrons. The van der Waals surface area contributed by atoms with Crippen LogP contribution in [0.3, 0.4) is 0 Å². The predicted molar refractivity (Wildman–Crippen MR) is 89.3 cm³/mol. The third kappa shape index (κ3) is 3.79. The molecule has 2 rings (SSSR count). The molecule has 0 saturated carbocycles. The van der Waals surface area contributed by atoms with E-state index in [1.165, 1.54) is 11.3 Å². The second kappa shape index (κ2) is 7.51. The highest BCUT2D eigenvalue weighted by atomic mass is 32.1. The number of benzene rings is 1. The zero-order valence-corrected chi connectivity index (χ0v) is 13.3. The number of carbonyl (C=O) groups is 1. The molecule has 114 valence electrons. The summed E-state index contributed by atoms with van der Waals surface area (Å²) >= 11 is 1.31. The lowest BCUT2D eigenvalue weighted by atomic mass is 10.1. The van der Waals surface area contributed by atoms with Crippen molar-refractivity contribution < 1.29 is 9.53 Å². The minimum absolute atomic E-state index is 0.459. The number of aromatic nitrogens is 1. The van der Waals surface area contributed by atoms with E-state index in [2.05, 4.69) is 9.98 Å². The Balaban J connectivity index is 2.26. The highest BCUT2D eigenvalue weighted by Gasteiger charge is 2.16. The van der Waals surface area contributed by atoms with Gasteiger partial charge in [0.1, 0.15) is 4.88 Å². The van der Waals surface area contributed by atoms with Crippen LogP contribution in [-0.2, 0) is 11.2 Å². The number of methoxy groups -OCH3 is 1. The first kappa shape index (κ1) is 15.9. The maximum Gasteiger partial charge on any atom is 0.261 e. The van der Waals surface area contributed by atoms with Crippen LogP contribution in [0.15, 0.2) is 47.5 Å². The molecule has 2 aromatic rings. The molecule has 0 aliphatic rings. The van der Waals surface area contributed by atoms with Crippen LogP contribution in [0.5, 0.6) is 0 Å². The van der Waals surface area contributed by atoms with E-state index >= 15 is 0 Å². The van der Waals surface area contributed by atoms with E-state index < -0.39 is 5.91 Å². The summed E-state index contributed by atoms with van der Waals surface area (Å²) in [6.45, 7) is 0. The molecule has 0 aliphatic heterocycles. The van der Waals surface area contributed by atoms with Gasteiger partial charge in [-0.1, -0.05) is 36.4 Å². The van der Waals surface area contributed by atoms with Crippen LogP contribution >= 0.6 is 11.3 Å². The lowest BCUT2D eigenvalue weighted by Crippen LogP contribution is -2.10. The number of primary amides is 1. The van der Waals surface area contributed by atoms with E-state index in [-0.39, 0.29) is 0 Å². The Morgan fingerprint density at radius 3 is 2.73 bits per heavy atom. The molecule has 0 saturated heterocycles. The second-order valence-electron chi connectivity index (χ2n) is 4.39. The molecule has 22 heavy (non-hydrogen) atoms. The van der Waals surface area contributed by atoms with Crippen molar-refractivity contribution >= 4 is 23.1 Å². The van der Waals surface area contributed by atoms with Gasteiger partial charge >= 0.3 is 0 Å². The summed E-state index contributed by atoms with van der Waals surface area (Å²) in [6.07, 6.45) is 4.25. The van der Waals surface area contributed by atoms with E-state index in [0.717, 1.165) is 10.6 Å². The largest absolute Gasteiger partial charge is 0.481 e. The quantitative estimate of drug-likeness (QED) is 0.680. The second-order valence-corrected chi connectivity index (χ2v) is 5.47. The zero-order chi connectivity index (χ0) is 15.9. The van der Waals surface area contributed by atoms with Gasteiger partial charge in [-0.05, 0) is 6.08 Å². The first-order valence-corrected chi connectivity index (χ1v) is 7.49. The topological polar surface area (TPSA) is 77.6 Å². The fourth-order valence-electron chi connectivity index (χ4n) is 1.90. The average Bonchev–Trinajstić information content (AvgIpc) is 2.97. The molecule has 5 nitrogen and oxygen atoms in total. The molecule has 1 aromatic carbocycles. The molecule has 1 amide bonds. The SMILES string of the molecule is C/N=C(\C=C/Cc1nc(-c2ccccc2)c(C(N)=O)s1)OC. The van der Waals surface area contributed by atoms with Gasteiger partial charge in [0.2, 0.25) is 5.90 Å². The van der Waals surface area contributed by atoms with Gasteiger partial charge < -0.3 is 10.5 Å².